The van der Waals surface area contributed by atoms with Gasteiger partial charge in [-0.3, -0.25) is 14.4 Å². The van der Waals surface area contributed by atoms with Crippen molar-refractivity contribution < 1.29 is 23.5 Å². The van der Waals surface area contributed by atoms with Gasteiger partial charge in [0.2, 0.25) is 11.8 Å². The average molecular weight is 381 g/mol. The molecule has 1 aromatic heterocycles. The molecule has 4 atom stereocenters. The summed E-state index contributed by atoms with van der Waals surface area (Å²) in [4.78, 5) is 51.5. The molecular weight excluding hydrogens is 362 g/mol. The van der Waals surface area contributed by atoms with Crippen molar-refractivity contribution >= 4 is 34.3 Å². The second kappa shape index (κ2) is 6.10. The van der Waals surface area contributed by atoms with Crippen LogP contribution in [0, 0.1) is 23.7 Å². The number of fused-ring (bicyclic) bond motifs is 3. The summed E-state index contributed by atoms with van der Waals surface area (Å²) < 4.78 is 10.4. The second-order valence-corrected chi connectivity index (χ2v) is 7.88. The highest BCUT2D eigenvalue weighted by molar-refractivity contribution is 6.24. The third-order valence-corrected chi connectivity index (χ3v) is 6.44. The van der Waals surface area contributed by atoms with Crippen molar-refractivity contribution in [3.8, 4) is 0 Å². The van der Waals surface area contributed by atoms with Crippen molar-refractivity contribution in [1.29, 1.82) is 0 Å². The quantitative estimate of drug-likeness (QED) is 0.597. The summed E-state index contributed by atoms with van der Waals surface area (Å²) >= 11 is 0. The molecule has 0 N–H and O–H groups in total. The predicted octanol–water partition coefficient (Wildman–Crippen LogP) is 2.04. The van der Waals surface area contributed by atoms with E-state index in [0.29, 0.717) is 35.1 Å². The van der Waals surface area contributed by atoms with Gasteiger partial charge < -0.3 is 9.15 Å². The van der Waals surface area contributed by atoms with Crippen LogP contribution in [-0.2, 0) is 25.7 Å². The van der Waals surface area contributed by atoms with E-state index in [-0.39, 0.29) is 36.0 Å². The topological polar surface area (TPSA) is 93.9 Å². The minimum Gasteiger partial charge on any atom is -0.423 e. The minimum absolute atomic E-state index is 0.0457. The lowest BCUT2D eigenvalue weighted by molar-refractivity contribution is -0.143. The van der Waals surface area contributed by atoms with E-state index in [1.807, 2.05) is 0 Å². The highest BCUT2D eigenvalue weighted by Crippen LogP contribution is 2.52. The van der Waals surface area contributed by atoms with Crippen molar-refractivity contribution in [2.24, 2.45) is 23.7 Å². The van der Waals surface area contributed by atoms with Gasteiger partial charge in [0.05, 0.1) is 24.1 Å². The number of Topliss-reactive ketones (excluding diaryl/α,β-unsaturated/α-hetero) is 1. The lowest BCUT2D eigenvalue weighted by Crippen LogP contribution is -2.46. The molecule has 2 heterocycles. The molecule has 0 spiro atoms. The van der Waals surface area contributed by atoms with Gasteiger partial charge in [-0.15, -0.1) is 0 Å². The fraction of sp³-hybridized carbons (Fsp3) is 0.429. The third-order valence-electron chi connectivity index (χ3n) is 6.44. The number of nitrogens with zero attached hydrogens (tertiary/aromatic N) is 1. The zero-order chi connectivity index (χ0) is 19.6. The summed E-state index contributed by atoms with van der Waals surface area (Å²) in [5.74, 6) is -1.80. The van der Waals surface area contributed by atoms with Crippen LogP contribution in [0.4, 0.5) is 5.69 Å². The highest BCUT2D eigenvalue weighted by Gasteiger charge is 2.60. The van der Waals surface area contributed by atoms with E-state index in [0.717, 1.165) is 6.42 Å². The van der Waals surface area contributed by atoms with Gasteiger partial charge in [0, 0.05) is 37.0 Å². The highest BCUT2D eigenvalue weighted by atomic mass is 16.5. The van der Waals surface area contributed by atoms with E-state index in [2.05, 4.69) is 0 Å². The lowest BCUT2D eigenvalue weighted by Gasteiger charge is -2.41. The monoisotopic (exact) mass is 381 g/mol. The van der Waals surface area contributed by atoms with Gasteiger partial charge in [-0.05, 0) is 36.5 Å². The van der Waals surface area contributed by atoms with E-state index >= 15 is 0 Å². The van der Waals surface area contributed by atoms with E-state index in [1.54, 1.807) is 18.2 Å². The maximum atomic E-state index is 13.1. The van der Waals surface area contributed by atoms with Crippen LogP contribution < -0.4 is 10.5 Å². The lowest BCUT2D eigenvalue weighted by atomic mass is 9.59. The molecule has 2 amide bonds. The number of carbonyl (C=O) groups is 3. The first-order valence-electron chi connectivity index (χ1n) is 9.46. The Hall–Kier alpha value is -2.80. The Morgan fingerprint density at radius 1 is 1.07 bits per heavy atom. The van der Waals surface area contributed by atoms with Crippen LogP contribution in [0.5, 0.6) is 0 Å². The van der Waals surface area contributed by atoms with Gasteiger partial charge in [0.1, 0.15) is 11.4 Å². The number of carbonyl (C=O) groups excluding carboxylic acids is 3. The molecule has 0 radical (unpaired) electrons. The molecule has 1 aromatic carbocycles. The zero-order valence-corrected chi connectivity index (χ0v) is 15.3. The number of imide groups is 1. The van der Waals surface area contributed by atoms with Crippen molar-refractivity contribution in [2.45, 2.75) is 25.9 Å². The standard InChI is InChI=1S/C21H19NO6/c1-27-9-11-7-17(24)28-16-8-12(3-5-13(11)16)22-20(25)18-10-2-4-14(15(23)6-10)19(18)21(22)26/h3,5,7-8,10,14,18-19H,2,4,6,9H2,1H3/t10-,14+,18+,19-/m1/s1. The number of ketones is 1. The predicted molar refractivity (Wildman–Crippen MR) is 98.5 cm³/mol. The van der Waals surface area contributed by atoms with Gasteiger partial charge in [-0.2, -0.15) is 0 Å². The molecule has 4 aliphatic rings. The molecule has 7 nitrogen and oxygen atoms in total. The van der Waals surface area contributed by atoms with Crippen LogP contribution in [0.3, 0.4) is 0 Å². The van der Waals surface area contributed by atoms with Crippen molar-refractivity contribution in [3.63, 3.8) is 0 Å². The number of anilines is 1. The number of rotatable bonds is 3. The number of hydrogen-bond acceptors (Lipinski definition) is 6. The molecule has 28 heavy (non-hydrogen) atoms. The van der Waals surface area contributed by atoms with Gasteiger partial charge in [0.25, 0.3) is 0 Å². The SMILES string of the molecule is COCc1cc(=O)oc2cc(N3C(=O)[C@H]4[C@@H]5CC[C@@H](C(=O)C5)[C@H]4C3=O)ccc12. The minimum atomic E-state index is -0.546. The van der Waals surface area contributed by atoms with Crippen LogP contribution in [-0.4, -0.2) is 24.7 Å². The molecule has 144 valence electrons. The van der Waals surface area contributed by atoms with E-state index in [4.69, 9.17) is 9.15 Å². The number of amides is 2. The molecule has 1 saturated heterocycles. The maximum absolute atomic E-state index is 13.1. The largest absolute Gasteiger partial charge is 0.423 e. The van der Waals surface area contributed by atoms with Gasteiger partial charge in [-0.25, -0.2) is 9.69 Å². The molecule has 2 bridgehead atoms. The summed E-state index contributed by atoms with van der Waals surface area (Å²) in [6.45, 7) is 0.249. The normalized spacial score (nSPS) is 29.0. The van der Waals surface area contributed by atoms with Crippen molar-refractivity contribution in [3.05, 3.63) is 40.2 Å². The Kier molecular flexibility index (Phi) is 3.77. The fourth-order valence-corrected chi connectivity index (χ4v) is 5.27. The molecule has 3 saturated carbocycles. The molecular formula is C21H19NO6. The van der Waals surface area contributed by atoms with E-state index < -0.39 is 17.5 Å². The maximum Gasteiger partial charge on any atom is 0.336 e. The summed E-state index contributed by atoms with van der Waals surface area (Å²) in [5, 5.41) is 0.692. The Morgan fingerprint density at radius 2 is 1.86 bits per heavy atom. The molecule has 0 unspecified atom stereocenters. The Labute approximate surface area is 160 Å². The van der Waals surface area contributed by atoms with Crippen LogP contribution in [0.25, 0.3) is 11.0 Å². The summed E-state index contributed by atoms with van der Waals surface area (Å²) in [6.07, 6.45) is 1.90. The van der Waals surface area contributed by atoms with Gasteiger partial charge >= 0.3 is 5.63 Å². The van der Waals surface area contributed by atoms with Crippen LogP contribution >= 0.6 is 0 Å². The van der Waals surface area contributed by atoms with Gasteiger partial charge in [0.15, 0.2) is 0 Å². The number of benzene rings is 1. The first-order valence-corrected chi connectivity index (χ1v) is 9.46. The Balaban J connectivity index is 1.59. The third kappa shape index (κ3) is 2.32. The molecule has 3 aliphatic carbocycles. The first kappa shape index (κ1) is 17.3. The van der Waals surface area contributed by atoms with Crippen molar-refractivity contribution in [2.75, 3.05) is 12.0 Å². The molecule has 4 fully saturated rings. The smallest absolute Gasteiger partial charge is 0.336 e. The number of hydrogen-bond donors (Lipinski definition) is 0. The van der Waals surface area contributed by atoms with Crippen molar-refractivity contribution in [1.82, 2.24) is 0 Å². The Bertz CT molecular complexity index is 1090. The Morgan fingerprint density at radius 3 is 2.61 bits per heavy atom. The molecule has 2 aromatic rings. The van der Waals surface area contributed by atoms with Crippen LogP contribution in [0.1, 0.15) is 24.8 Å². The molecule has 7 heteroatoms. The fourth-order valence-electron chi connectivity index (χ4n) is 5.27. The summed E-state index contributed by atoms with van der Waals surface area (Å²) in [5.41, 5.74) is 0.831. The first-order chi connectivity index (χ1) is 13.5. The van der Waals surface area contributed by atoms with Crippen LogP contribution in [0.2, 0.25) is 0 Å². The summed E-state index contributed by atoms with van der Waals surface area (Å²) in [7, 11) is 1.54. The van der Waals surface area contributed by atoms with Gasteiger partial charge in [-0.1, -0.05) is 0 Å². The zero-order valence-electron chi connectivity index (χ0n) is 15.3. The molecule has 6 rings (SSSR count). The number of methoxy groups -OCH3 is 1. The summed E-state index contributed by atoms with van der Waals surface area (Å²) in [6, 6.07) is 6.32. The second-order valence-electron chi connectivity index (χ2n) is 7.88. The average Bonchev–Trinajstić information content (AvgIpc) is 2.94. The van der Waals surface area contributed by atoms with E-state index in [9.17, 15) is 19.2 Å². The van der Waals surface area contributed by atoms with E-state index in [1.165, 1.54) is 18.1 Å². The van der Waals surface area contributed by atoms with Crippen LogP contribution in [0.15, 0.2) is 33.5 Å². The molecule has 1 aliphatic heterocycles. The number of ether oxygens (including phenoxy) is 1.